The first kappa shape index (κ1) is 7.72. The van der Waals surface area contributed by atoms with Crippen molar-refractivity contribution >= 4 is 11.5 Å². The second kappa shape index (κ2) is 2.34. The fraction of sp³-hybridized carbons (Fsp3) is 0.250. The third kappa shape index (κ3) is 1.09. The van der Waals surface area contributed by atoms with Crippen LogP contribution in [-0.2, 0) is 4.79 Å². The predicted octanol–water partition coefficient (Wildman–Crippen LogP) is 0.768. The molecule has 0 aliphatic heterocycles. The molecule has 0 saturated heterocycles. The maximum atomic E-state index is 11.0. The van der Waals surface area contributed by atoms with Crippen molar-refractivity contribution in [3.8, 4) is 0 Å². The minimum Gasteiger partial charge on any atom is -0.395 e. The molecule has 0 amide bonds. The Morgan fingerprint density at radius 3 is 2.55 bits per heavy atom. The zero-order chi connectivity index (χ0) is 8.59. The number of nitrogens with two attached hydrogens (primary N) is 1. The lowest BCUT2D eigenvalue weighted by Crippen LogP contribution is -2.21. The molecule has 0 aromatic heterocycles. The number of hydrogen-bond donors (Lipinski definition) is 2. The van der Waals surface area contributed by atoms with Crippen molar-refractivity contribution in [2.75, 3.05) is 0 Å². The molecule has 0 aromatic carbocycles. The minimum atomic E-state index is -0.184. The van der Waals surface area contributed by atoms with Gasteiger partial charge in [0, 0.05) is 5.57 Å². The van der Waals surface area contributed by atoms with Gasteiger partial charge in [-0.3, -0.25) is 4.79 Å². The Morgan fingerprint density at radius 1 is 1.45 bits per heavy atom. The summed E-state index contributed by atoms with van der Waals surface area (Å²) in [6.45, 7) is 3.42. The summed E-state index contributed by atoms with van der Waals surface area (Å²) in [5.41, 5.74) is 7.24. The van der Waals surface area contributed by atoms with E-state index in [2.05, 4.69) is 0 Å². The topological polar surface area (TPSA) is 66.9 Å². The first-order valence-electron chi connectivity index (χ1n) is 3.32. The van der Waals surface area contributed by atoms with Gasteiger partial charge in [0.15, 0.2) is 0 Å². The molecule has 0 saturated carbocycles. The Bertz CT molecular complexity index is 297. The van der Waals surface area contributed by atoms with Gasteiger partial charge >= 0.3 is 0 Å². The number of carbonyl (C=O) groups is 1. The van der Waals surface area contributed by atoms with Crippen LogP contribution in [0.3, 0.4) is 0 Å². The molecule has 0 bridgehead atoms. The molecule has 1 aliphatic carbocycles. The van der Waals surface area contributed by atoms with Crippen molar-refractivity contribution in [1.29, 1.82) is 5.41 Å². The van der Waals surface area contributed by atoms with Crippen LogP contribution < -0.4 is 5.73 Å². The Kier molecular flexibility index (Phi) is 1.64. The van der Waals surface area contributed by atoms with E-state index < -0.39 is 0 Å². The van der Waals surface area contributed by atoms with Gasteiger partial charge in [-0.25, -0.2) is 0 Å². The van der Waals surface area contributed by atoms with Crippen molar-refractivity contribution in [3.63, 3.8) is 0 Å². The standard InChI is InChI=1S/C8H10N2O/c1-4-3-6(11)8(10)5(2)7(4)9/h3,9H,10H2,1-2H3. The van der Waals surface area contributed by atoms with E-state index in [1.165, 1.54) is 6.08 Å². The molecule has 1 rings (SSSR count). The van der Waals surface area contributed by atoms with Gasteiger partial charge in [0.25, 0.3) is 0 Å². The predicted molar refractivity (Wildman–Crippen MR) is 43.4 cm³/mol. The van der Waals surface area contributed by atoms with Crippen LogP contribution in [-0.4, -0.2) is 11.5 Å². The van der Waals surface area contributed by atoms with Crippen molar-refractivity contribution in [3.05, 3.63) is 22.9 Å². The fourth-order valence-electron chi connectivity index (χ4n) is 0.962. The molecule has 3 N–H and O–H groups in total. The van der Waals surface area contributed by atoms with E-state index in [1.54, 1.807) is 13.8 Å². The van der Waals surface area contributed by atoms with Crippen molar-refractivity contribution in [1.82, 2.24) is 0 Å². The van der Waals surface area contributed by atoms with Gasteiger partial charge in [-0.15, -0.1) is 0 Å². The highest BCUT2D eigenvalue weighted by molar-refractivity contribution is 6.22. The number of rotatable bonds is 0. The summed E-state index contributed by atoms with van der Waals surface area (Å²) >= 11 is 0. The summed E-state index contributed by atoms with van der Waals surface area (Å²) in [7, 11) is 0. The van der Waals surface area contributed by atoms with Gasteiger partial charge in [0.1, 0.15) is 0 Å². The summed E-state index contributed by atoms with van der Waals surface area (Å²) in [6, 6.07) is 0. The smallest absolute Gasteiger partial charge is 0.202 e. The van der Waals surface area contributed by atoms with Crippen molar-refractivity contribution < 1.29 is 4.79 Å². The fourth-order valence-corrected chi connectivity index (χ4v) is 0.962. The van der Waals surface area contributed by atoms with Crippen LogP contribution in [0.15, 0.2) is 22.9 Å². The first-order valence-corrected chi connectivity index (χ1v) is 3.32. The lowest BCUT2D eigenvalue weighted by Gasteiger charge is -2.12. The molecule has 3 nitrogen and oxygen atoms in total. The van der Waals surface area contributed by atoms with E-state index in [-0.39, 0.29) is 11.5 Å². The van der Waals surface area contributed by atoms with Crippen LogP contribution in [0, 0.1) is 5.41 Å². The van der Waals surface area contributed by atoms with Crippen LogP contribution in [0.5, 0.6) is 0 Å². The highest BCUT2D eigenvalue weighted by Gasteiger charge is 2.17. The summed E-state index contributed by atoms with van der Waals surface area (Å²) in [6.07, 6.45) is 1.39. The molecule has 1 aliphatic rings. The highest BCUT2D eigenvalue weighted by atomic mass is 16.1. The summed E-state index contributed by atoms with van der Waals surface area (Å²) in [4.78, 5) is 11.0. The average Bonchev–Trinajstić information content (AvgIpc) is 1.97. The Morgan fingerprint density at radius 2 is 2.00 bits per heavy atom. The van der Waals surface area contributed by atoms with Crippen LogP contribution in [0.4, 0.5) is 0 Å². The van der Waals surface area contributed by atoms with Gasteiger partial charge in [0.2, 0.25) is 5.78 Å². The number of nitrogens with one attached hydrogen (secondary N) is 1. The molecule has 11 heavy (non-hydrogen) atoms. The molecule has 0 spiro atoms. The van der Waals surface area contributed by atoms with Gasteiger partial charge < -0.3 is 11.1 Å². The van der Waals surface area contributed by atoms with Gasteiger partial charge in [0.05, 0.1) is 11.4 Å². The number of carbonyl (C=O) groups excluding carboxylic acids is 1. The Balaban J connectivity index is 3.19. The molecule has 0 unspecified atom stereocenters. The maximum absolute atomic E-state index is 11.0. The molecule has 0 fully saturated rings. The first-order chi connectivity index (χ1) is 5.04. The summed E-state index contributed by atoms with van der Waals surface area (Å²) in [5.74, 6) is -0.184. The van der Waals surface area contributed by atoms with Crippen molar-refractivity contribution in [2.45, 2.75) is 13.8 Å². The van der Waals surface area contributed by atoms with Crippen LogP contribution in [0.1, 0.15) is 13.8 Å². The summed E-state index contributed by atoms with van der Waals surface area (Å²) in [5, 5.41) is 7.46. The molecule has 3 heteroatoms. The zero-order valence-corrected chi connectivity index (χ0v) is 6.56. The van der Waals surface area contributed by atoms with Gasteiger partial charge in [-0.1, -0.05) is 0 Å². The molecular weight excluding hydrogens is 140 g/mol. The normalized spacial score (nSPS) is 18.9. The molecule has 0 heterocycles. The third-order valence-electron chi connectivity index (χ3n) is 1.79. The largest absolute Gasteiger partial charge is 0.395 e. The molecule has 0 atom stereocenters. The average molecular weight is 150 g/mol. The lowest BCUT2D eigenvalue weighted by molar-refractivity contribution is -0.111. The molecule has 0 aromatic rings. The molecular formula is C8H10N2O. The summed E-state index contributed by atoms with van der Waals surface area (Å²) < 4.78 is 0. The van der Waals surface area contributed by atoms with E-state index in [9.17, 15) is 4.79 Å². The number of hydrogen-bond acceptors (Lipinski definition) is 3. The molecule has 58 valence electrons. The van der Waals surface area contributed by atoms with E-state index >= 15 is 0 Å². The minimum absolute atomic E-state index is 0.184. The Labute approximate surface area is 65.1 Å². The van der Waals surface area contributed by atoms with Gasteiger partial charge in [-0.2, -0.15) is 0 Å². The van der Waals surface area contributed by atoms with E-state index in [0.29, 0.717) is 16.9 Å². The lowest BCUT2D eigenvalue weighted by atomic mass is 9.95. The van der Waals surface area contributed by atoms with Crippen LogP contribution in [0.2, 0.25) is 0 Å². The van der Waals surface area contributed by atoms with Crippen molar-refractivity contribution in [2.24, 2.45) is 5.73 Å². The number of allylic oxidation sites excluding steroid dienone is 3. The van der Waals surface area contributed by atoms with Crippen LogP contribution in [0.25, 0.3) is 0 Å². The molecule has 0 radical (unpaired) electrons. The van der Waals surface area contributed by atoms with E-state index in [0.717, 1.165) is 0 Å². The quantitative estimate of drug-likeness (QED) is 0.501. The number of ketones is 1. The van der Waals surface area contributed by atoms with Gasteiger partial charge in [-0.05, 0) is 25.5 Å². The van der Waals surface area contributed by atoms with E-state index in [1.807, 2.05) is 0 Å². The zero-order valence-electron chi connectivity index (χ0n) is 6.56. The maximum Gasteiger partial charge on any atom is 0.202 e. The Hall–Kier alpha value is -1.38. The highest BCUT2D eigenvalue weighted by Crippen LogP contribution is 2.14. The SMILES string of the molecule is CC1=CC(=O)C(N)=C(C)C1=N. The monoisotopic (exact) mass is 150 g/mol. The second-order valence-corrected chi connectivity index (χ2v) is 2.61. The second-order valence-electron chi connectivity index (χ2n) is 2.61. The van der Waals surface area contributed by atoms with Crippen LogP contribution >= 0.6 is 0 Å². The third-order valence-corrected chi connectivity index (χ3v) is 1.79. The van der Waals surface area contributed by atoms with E-state index in [4.69, 9.17) is 11.1 Å².